The molecular formula is C14H21BrN2O. The van der Waals surface area contributed by atoms with Crippen molar-refractivity contribution in [2.75, 3.05) is 18.1 Å². The van der Waals surface area contributed by atoms with Crippen LogP contribution in [0.15, 0.2) is 22.7 Å². The van der Waals surface area contributed by atoms with Gasteiger partial charge in [-0.05, 0) is 43.0 Å². The summed E-state index contributed by atoms with van der Waals surface area (Å²) in [6.07, 6.45) is 1.12. The summed E-state index contributed by atoms with van der Waals surface area (Å²) in [7, 11) is 0. The zero-order chi connectivity index (χ0) is 13.3. The van der Waals surface area contributed by atoms with Gasteiger partial charge in [0.05, 0.1) is 12.6 Å². The smallest absolute Gasteiger partial charge is 0.0637 e. The Hall–Kier alpha value is -0.580. The molecule has 1 aromatic carbocycles. The molecule has 1 aromatic rings. The Kier molecular flexibility index (Phi) is 4.30. The minimum atomic E-state index is -0.00671. The minimum Gasteiger partial charge on any atom is -0.394 e. The fourth-order valence-corrected chi connectivity index (χ4v) is 3.12. The third-order valence-electron chi connectivity index (χ3n) is 3.86. The molecule has 2 rings (SSSR count). The number of aliphatic hydroxyl groups is 1. The molecule has 0 spiro atoms. The fourth-order valence-electron chi connectivity index (χ4n) is 2.74. The number of hydrogen-bond donors (Lipinski definition) is 2. The van der Waals surface area contributed by atoms with E-state index in [1.165, 1.54) is 0 Å². The SMILES string of the molecule is CC(N)c1cc(Br)ccc1N1CCC(C)C1CO. The first kappa shape index (κ1) is 13.8. The van der Waals surface area contributed by atoms with Gasteiger partial charge in [0, 0.05) is 22.7 Å². The first-order valence-corrected chi connectivity index (χ1v) is 7.26. The summed E-state index contributed by atoms with van der Waals surface area (Å²) >= 11 is 3.49. The average Bonchev–Trinajstić information content (AvgIpc) is 2.70. The largest absolute Gasteiger partial charge is 0.394 e. The maximum Gasteiger partial charge on any atom is 0.0637 e. The molecule has 1 saturated heterocycles. The Labute approximate surface area is 117 Å². The molecule has 1 fully saturated rings. The summed E-state index contributed by atoms with van der Waals surface area (Å²) in [5.74, 6) is 0.527. The van der Waals surface area contributed by atoms with Crippen LogP contribution in [0, 0.1) is 5.92 Å². The van der Waals surface area contributed by atoms with Crippen molar-refractivity contribution in [1.82, 2.24) is 0 Å². The summed E-state index contributed by atoms with van der Waals surface area (Å²) in [6.45, 7) is 5.40. The van der Waals surface area contributed by atoms with Crippen LogP contribution < -0.4 is 10.6 Å². The van der Waals surface area contributed by atoms with Crippen LogP contribution in [0.2, 0.25) is 0 Å². The van der Waals surface area contributed by atoms with Crippen LogP contribution in [0.1, 0.15) is 31.9 Å². The second-order valence-electron chi connectivity index (χ2n) is 5.20. The lowest BCUT2D eigenvalue weighted by atomic mass is 10.0. The lowest BCUT2D eigenvalue weighted by Crippen LogP contribution is -2.36. The predicted molar refractivity (Wildman–Crippen MR) is 78.7 cm³/mol. The Balaban J connectivity index is 2.38. The Bertz CT molecular complexity index is 422. The molecule has 0 aromatic heterocycles. The summed E-state index contributed by atoms with van der Waals surface area (Å²) in [4.78, 5) is 2.30. The number of nitrogens with zero attached hydrogens (tertiary/aromatic N) is 1. The van der Waals surface area contributed by atoms with E-state index in [1.807, 2.05) is 13.0 Å². The number of nitrogens with two attached hydrogens (primary N) is 1. The van der Waals surface area contributed by atoms with Gasteiger partial charge in [-0.15, -0.1) is 0 Å². The van der Waals surface area contributed by atoms with Crippen LogP contribution in [0.3, 0.4) is 0 Å². The number of aliphatic hydroxyl groups excluding tert-OH is 1. The molecule has 3 atom stereocenters. The van der Waals surface area contributed by atoms with Gasteiger partial charge in [-0.2, -0.15) is 0 Å². The van der Waals surface area contributed by atoms with E-state index in [9.17, 15) is 5.11 Å². The molecule has 3 unspecified atom stereocenters. The molecule has 1 aliphatic heterocycles. The van der Waals surface area contributed by atoms with Crippen molar-refractivity contribution in [3.05, 3.63) is 28.2 Å². The summed E-state index contributed by atoms with van der Waals surface area (Å²) in [6, 6.07) is 6.43. The maximum absolute atomic E-state index is 9.57. The predicted octanol–water partition coefficient (Wildman–Crippen LogP) is 2.68. The topological polar surface area (TPSA) is 49.5 Å². The van der Waals surface area contributed by atoms with E-state index >= 15 is 0 Å². The van der Waals surface area contributed by atoms with Gasteiger partial charge in [0.1, 0.15) is 0 Å². The Morgan fingerprint density at radius 3 is 2.89 bits per heavy atom. The minimum absolute atomic E-state index is 0.00671. The van der Waals surface area contributed by atoms with Gasteiger partial charge in [-0.1, -0.05) is 22.9 Å². The number of hydrogen-bond acceptors (Lipinski definition) is 3. The zero-order valence-corrected chi connectivity index (χ0v) is 12.5. The quantitative estimate of drug-likeness (QED) is 0.902. The van der Waals surface area contributed by atoms with Gasteiger partial charge in [0.25, 0.3) is 0 Å². The first-order chi connectivity index (χ1) is 8.54. The van der Waals surface area contributed by atoms with E-state index in [-0.39, 0.29) is 18.7 Å². The molecule has 0 bridgehead atoms. The van der Waals surface area contributed by atoms with Gasteiger partial charge in [0.2, 0.25) is 0 Å². The highest BCUT2D eigenvalue weighted by Gasteiger charge is 2.32. The third-order valence-corrected chi connectivity index (χ3v) is 4.35. The maximum atomic E-state index is 9.57. The zero-order valence-electron chi connectivity index (χ0n) is 10.9. The van der Waals surface area contributed by atoms with Crippen molar-refractivity contribution in [2.45, 2.75) is 32.4 Å². The summed E-state index contributed by atoms with van der Waals surface area (Å²) in [5, 5.41) is 9.57. The molecule has 0 saturated carbocycles. The molecular weight excluding hydrogens is 292 g/mol. The van der Waals surface area contributed by atoms with Crippen molar-refractivity contribution in [3.63, 3.8) is 0 Å². The fraction of sp³-hybridized carbons (Fsp3) is 0.571. The van der Waals surface area contributed by atoms with E-state index in [0.29, 0.717) is 5.92 Å². The van der Waals surface area contributed by atoms with Crippen molar-refractivity contribution >= 4 is 21.6 Å². The standard InChI is InChI=1S/C14H21BrN2O/c1-9-5-6-17(14(9)8-18)13-4-3-11(15)7-12(13)10(2)16/h3-4,7,9-10,14,18H,5-6,8,16H2,1-2H3. The summed E-state index contributed by atoms with van der Waals surface area (Å²) < 4.78 is 1.05. The van der Waals surface area contributed by atoms with Crippen LogP contribution in [0.25, 0.3) is 0 Å². The molecule has 4 heteroatoms. The molecule has 18 heavy (non-hydrogen) atoms. The van der Waals surface area contributed by atoms with Gasteiger partial charge in [0.15, 0.2) is 0 Å². The van der Waals surface area contributed by atoms with Crippen molar-refractivity contribution in [1.29, 1.82) is 0 Å². The molecule has 1 aliphatic rings. The second kappa shape index (κ2) is 5.59. The molecule has 3 nitrogen and oxygen atoms in total. The van der Waals surface area contributed by atoms with E-state index in [4.69, 9.17) is 5.73 Å². The van der Waals surface area contributed by atoms with Gasteiger partial charge in [-0.3, -0.25) is 0 Å². The van der Waals surface area contributed by atoms with Crippen LogP contribution in [0.4, 0.5) is 5.69 Å². The van der Waals surface area contributed by atoms with Crippen molar-refractivity contribution in [3.8, 4) is 0 Å². The second-order valence-corrected chi connectivity index (χ2v) is 6.12. The van der Waals surface area contributed by atoms with E-state index in [0.717, 1.165) is 28.7 Å². The lowest BCUT2D eigenvalue weighted by Gasteiger charge is -2.30. The highest BCUT2D eigenvalue weighted by molar-refractivity contribution is 9.10. The molecule has 3 N–H and O–H groups in total. The Morgan fingerprint density at radius 2 is 2.28 bits per heavy atom. The van der Waals surface area contributed by atoms with Crippen molar-refractivity contribution in [2.24, 2.45) is 11.7 Å². The molecule has 100 valence electrons. The molecule has 1 heterocycles. The first-order valence-electron chi connectivity index (χ1n) is 6.47. The lowest BCUT2D eigenvalue weighted by molar-refractivity contribution is 0.244. The van der Waals surface area contributed by atoms with Crippen LogP contribution in [-0.2, 0) is 0 Å². The molecule has 0 radical (unpaired) electrons. The monoisotopic (exact) mass is 312 g/mol. The van der Waals surface area contributed by atoms with Gasteiger partial charge in [-0.25, -0.2) is 0 Å². The van der Waals surface area contributed by atoms with Gasteiger partial charge < -0.3 is 15.7 Å². The van der Waals surface area contributed by atoms with Crippen molar-refractivity contribution < 1.29 is 5.11 Å². The number of rotatable bonds is 3. The third kappa shape index (κ3) is 2.56. The molecule has 0 amide bonds. The van der Waals surface area contributed by atoms with Crippen LogP contribution >= 0.6 is 15.9 Å². The summed E-state index contributed by atoms with van der Waals surface area (Å²) in [5.41, 5.74) is 8.36. The number of anilines is 1. The number of halogens is 1. The number of benzene rings is 1. The average molecular weight is 313 g/mol. The Morgan fingerprint density at radius 1 is 1.56 bits per heavy atom. The van der Waals surface area contributed by atoms with E-state index < -0.39 is 0 Å². The van der Waals surface area contributed by atoms with Gasteiger partial charge >= 0.3 is 0 Å². The highest BCUT2D eigenvalue weighted by atomic mass is 79.9. The van der Waals surface area contributed by atoms with E-state index in [1.54, 1.807) is 0 Å². The van der Waals surface area contributed by atoms with Crippen LogP contribution in [0.5, 0.6) is 0 Å². The van der Waals surface area contributed by atoms with Crippen LogP contribution in [-0.4, -0.2) is 24.3 Å². The highest BCUT2D eigenvalue weighted by Crippen LogP contribution is 2.35. The van der Waals surface area contributed by atoms with E-state index in [2.05, 4.69) is 39.9 Å². The normalized spacial score (nSPS) is 25.5. The molecule has 0 aliphatic carbocycles.